The van der Waals surface area contributed by atoms with Gasteiger partial charge in [0.25, 0.3) is 5.56 Å². The molecule has 8 rings (SSSR count). The molecule has 3 atom stereocenters. The number of allylic oxidation sites excluding steroid dienone is 1. The van der Waals surface area contributed by atoms with Gasteiger partial charge in [-0.05, 0) is 75.9 Å². The SMILES string of the molecule is Cn1nc(N)c2ccc(C3=CN=C(C4C5CC5c5cc(-c6cc(Cl)ccc6-n6cnnn6)cc(=O)n54)C3)cc21. The topological polar surface area (TPSA) is 122 Å². The minimum atomic E-state index is -0.0368. The zero-order chi connectivity index (χ0) is 26.4. The Kier molecular flexibility index (Phi) is 4.58. The lowest BCUT2D eigenvalue weighted by Gasteiger charge is -2.20. The molecule has 11 heteroatoms. The van der Waals surface area contributed by atoms with Crippen molar-refractivity contribution in [3.8, 4) is 16.8 Å². The highest BCUT2D eigenvalue weighted by Crippen LogP contribution is 2.60. The van der Waals surface area contributed by atoms with E-state index < -0.39 is 0 Å². The molecule has 192 valence electrons. The van der Waals surface area contributed by atoms with Gasteiger partial charge in [-0.1, -0.05) is 17.7 Å². The van der Waals surface area contributed by atoms with E-state index in [0.29, 0.717) is 29.1 Å². The van der Waals surface area contributed by atoms with Crippen LogP contribution in [0.15, 0.2) is 70.8 Å². The number of aliphatic imine (C=N–C) groups is 1. The Hall–Kier alpha value is -4.57. The number of hydrogen-bond acceptors (Lipinski definition) is 7. The van der Waals surface area contributed by atoms with Gasteiger partial charge in [-0.25, -0.2) is 0 Å². The number of aryl methyl sites for hydroxylation is 1. The monoisotopic (exact) mass is 535 g/mol. The number of anilines is 1. The predicted molar refractivity (Wildman–Crippen MR) is 149 cm³/mol. The van der Waals surface area contributed by atoms with Crippen molar-refractivity contribution in [2.24, 2.45) is 18.0 Å². The average Bonchev–Trinajstić information content (AvgIpc) is 3.33. The molecular formula is C28H22ClN9O. The van der Waals surface area contributed by atoms with Crippen LogP contribution >= 0.6 is 11.6 Å². The highest BCUT2D eigenvalue weighted by atomic mass is 35.5. The molecule has 0 saturated heterocycles. The molecule has 1 aliphatic carbocycles. The Morgan fingerprint density at radius 2 is 1.97 bits per heavy atom. The molecular weight excluding hydrogens is 514 g/mol. The first kappa shape index (κ1) is 22.4. The quantitative estimate of drug-likeness (QED) is 0.369. The molecule has 2 aromatic carbocycles. The van der Waals surface area contributed by atoms with Gasteiger partial charge in [-0.2, -0.15) is 9.78 Å². The Labute approximate surface area is 227 Å². The molecule has 1 saturated carbocycles. The number of nitrogen functional groups attached to an aromatic ring is 1. The van der Waals surface area contributed by atoms with Crippen molar-refractivity contribution in [3.05, 3.63) is 87.7 Å². The molecule has 0 spiro atoms. The van der Waals surface area contributed by atoms with Crippen LogP contribution in [0.2, 0.25) is 5.02 Å². The van der Waals surface area contributed by atoms with Crippen LogP contribution in [0.25, 0.3) is 33.3 Å². The van der Waals surface area contributed by atoms with Crippen LogP contribution in [0.4, 0.5) is 5.82 Å². The van der Waals surface area contributed by atoms with Crippen molar-refractivity contribution >= 4 is 39.6 Å². The van der Waals surface area contributed by atoms with Crippen LogP contribution in [0.1, 0.15) is 36.1 Å². The summed E-state index contributed by atoms with van der Waals surface area (Å²) in [5.41, 5.74) is 13.7. The zero-order valence-electron chi connectivity index (χ0n) is 20.9. The van der Waals surface area contributed by atoms with E-state index in [4.69, 9.17) is 22.3 Å². The summed E-state index contributed by atoms with van der Waals surface area (Å²) in [6.45, 7) is 0. The number of nitrogens with two attached hydrogens (primary N) is 1. The summed E-state index contributed by atoms with van der Waals surface area (Å²) in [6, 6.07) is 15.5. The molecule has 0 radical (unpaired) electrons. The van der Waals surface area contributed by atoms with Crippen LogP contribution in [-0.4, -0.2) is 40.3 Å². The molecule has 0 bridgehead atoms. The number of aromatic nitrogens is 7. The molecule has 3 unspecified atom stereocenters. The van der Waals surface area contributed by atoms with Crippen molar-refractivity contribution in [1.82, 2.24) is 34.6 Å². The first-order chi connectivity index (χ1) is 19.0. The van der Waals surface area contributed by atoms with Crippen LogP contribution in [0, 0.1) is 5.92 Å². The van der Waals surface area contributed by atoms with Gasteiger partial charge in [0, 0.05) is 59.0 Å². The van der Waals surface area contributed by atoms with E-state index >= 15 is 0 Å². The number of halogens is 1. The standard InChI is InChI=1S/C28H22ClN9O/c1-36-24-7-14(2-4-18(24)28(30)33-36)16-6-22(31-12-16)27-21-11-20(21)25-8-15(9-26(39)38(25)27)19-10-17(29)3-5-23(19)37-13-32-34-35-37/h2-5,7-10,12-13,20-21,27H,6,11H2,1H3,(H2,30,33). The lowest BCUT2D eigenvalue weighted by molar-refractivity contribution is 0.584. The molecule has 0 amide bonds. The molecule has 2 aliphatic heterocycles. The average molecular weight is 536 g/mol. The maximum Gasteiger partial charge on any atom is 0.251 e. The van der Waals surface area contributed by atoms with E-state index in [1.54, 1.807) is 21.5 Å². The van der Waals surface area contributed by atoms with E-state index in [9.17, 15) is 4.79 Å². The van der Waals surface area contributed by atoms with Crippen molar-refractivity contribution < 1.29 is 0 Å². The van der Waals surface area contributed by atoms with Crippen LogP contribution < -0.4 is 11.3 Å². The van der Waals surface area contributed by atoms with Gasteiger partial charge in [-0.3, -0.25) is 14.5 Å². The van der Waals surface area contributed by atoms with E-state index in [-0.39, 0.29) is 11.6 Å². The van der Waals surface area contributed by atoms with E-state index in [2.05, 4.69) is 38.8 Å². The predicted octanol–water partition coefficient (Wildman–Crippen LogP) is 4.16. The summed E-state index contributed by atoms with van der Waals surface area (Å²) < 4.78 is 5.33. The number of pyridine rings is 1. The maximum absolute atomic E-state index is 13.6. The van der Waals surface area contributed by atoms with Gasteiger partial charge >= 0.3 is 0 Å². The number of rotatable bonds is 4. The lowest BCUT2D eigenvalue weighted by Crippen LogP contribution is -2.29. The normalized spacial score (nSPS) is 21.1. The Balaban J connectivity index is 1.14. The fourth-order valence-corrected chi connectivity index (χ4v) is 6.50. The Morgan fingerprint density at radius 3 is 2.82 bits per heavy atom. The third-order valence-corrected chi connectivity index (χ3v) is 8.45. The van der Waals surface area contributed by atoms with Crippen molar-refractivity contribution in [2.75, 3.05) is 5.73 Å². The Morgan fingerprint density at radius 1 is 1.08 bits per heavy atom. The number of fused-ring (bicyclic) bond motifs is 4. The summed E-state index contributed by atoms with van der Waals surface area (Å²) in [5, 5.41) is 17.4. The summed E-state index contributed by atoms with van der Waals surface area (Å²) in [7, 11) is 1.89. The van der Waals surface area contributed by atoms with Crippen molar-refractivity contribution in [2.45, 2.75) is 24.8 Å². The zero-order valence-corrected chi connectivity index (χ0v) is 21.6. The highest BCUT2D eigenvalue weighted by molar-refractivity contribution is 6.31. The second kappa shape index (κ2) is 7.97. The van der Waals surface area contributed by atoms with Crippen LogP contribution in [0.3, 0.4) is 0 Å². The van der Waals surface area contributed by atoms with Crippen molar-refractivity contribution in [3.63, 3.8) is 0 Å². The summed E-state index contributed by atoms with van der Waals surface area (Å²) in [6.07, 6.45) is 5.23. The van der Waals surface area contributed by atoms with Gasteiger partial charge in [-0.15, -0.1) is 5.10 Å². The second-order valence-corrected chi connectivity index (χ2v) is 10.9. The molecule has 3 aliphatic rings. The molecule has 5 heterocycles. The second-order valence-electron chi connectivity index (χ2n) is 10.4. The van der Waals surface area contributed by atoms with E-state index in [1.807, 2.05) is 36.0 Å². The van der Waals surface area contributed by atoms with Gasteiger partial charge in [0.1, 0.15) is 6.33 Å². The van der Waals surface area contributed by atoms with Gasteiger partial charge in [0.15, 0.2) is 5.82 Å². The molecule has 3 aromatic heterocycles. The van der Waals surface area contributed by atoms with Gasteiger partial charge < -0.3 is 10.3 Å². The molecule has 10 nitrogen and oxygen atoms in total. The van der Waals surface area contributed by atoms with E-state index in [0.717, 1.165) is 56.7 Å². The first-order valence-electron chi connectivity index (χ1n) is 12.7. The first-order valence-corrected chi connectivity index (χ1v) is 13.1. The fraction of sp³-hybridized carbons (Fsp3) is 0.214. The third-order valence-electron chi connectivity index (χ3n) is 8.22. The third kappa shape index (κ3) is 3.34. The molecule has 5 aromatic rings. The lowest BCUT2D eigenvalue weighted by atomic mass is 9.97. The molecule has 1 fully saturated rings. The number of benzene rings is 2. The molecule has 39 heavy (non-hydrogen) atoms. The minimum Gasteiger partial charge on any atom is -0.382 e. The maximum atomic E-state index is 13.6. The summed E-state index contributed by atoms with van der Waals surface area (Å²) in [5.74, 6) is 1.26. The Bertz CT molecular complexity index is 1950. The largest absolute Gasteiger partial charge is 0.382 e. The van der Waals surface area contributed by atoms with Crippen LogP contribution in [0.5, 0.6) is 0 Å². The van der Waals surface area contributed by atoms with Crippen molar-refractivity contribution in [1.29, 1.82) is 0 Å². The van der Waals surface area contributed by atoms with Gasteiger partial charge in [0.2, 0.25) is 0 Å². The number of hydrogen-bond donors (Lipinski definition) is 1. The molecule has 2 N–H and O–H groups in total. The summed E-state index contributed by atoms with van der Waals surface area (Å²) in [4.78, 5) is 18.5. The summed E-state index contributed by atoms with van der Waals surface area (Å²) >= 11 is 6.36. The minimum absolute atomic E-state index is 0.0327. The van der Waals surface area contributed by atoms with Crippen LogP contribution in [-0.2, 0) is 7.05 Å². The number of tetrazole rings is 1. The fourth-order valence-electron chi connectivity index (χ4n) is 6.33. The smallest absolute Gasteiger partial charge is 0.251 e. The highest BCUT2D eigenvalue weighted by Gasteiger charge is 2.54. The number of nitrogens with zero attached hydrogens (tertiary/aromatic N) is 8. The van der Waals surface area contributed by atoms with E-state index in [1.165, 1.54) is 6.33 Å². The van der Waals surface area contributed by atoms with Gasteiger partial charge in [0.05, 0.1) is 17.2 Å².